The van der Waals surface area contributed by atoms with Gasteiger partial charge in [0.1, 0.15) is 35.9 Å². The summed E-state index contributed by atoms with van der Waals surface area (Å²) >= 11 is 0. The molecule has 3 heterocycles. The summed E-state index contributed by atoms with van der Waals surface area (Å²) < 4.78 is 25.0. The zero-order chi connectivity index (χ0) is 31.7. The molecule has 0 aromatic carbocycles. The lowest BCUT2D eigenvalue weighted by molar-refractivity contribution is -0.363. The van der Waals surface area contributed by atoms with E-state index in [2.05, 4.69) is 26.8 Å². The van der Waals surface area contributed by atoms with Gasteiger partial charge in [-0.05, 0) is 82.4 Å². The summed E-state index contributed by atoms with van der Waals surface area (Å²) in [6.45, 7) is 13.7. The molecule has 43 heavy (non-hydrogen) atoms. The summed E-state index contributed by atoms with van der Waals surface area (Å²) in [4.78, 5) is 14.0. The highest BCUT2D eigenvalue weighted by molar-refractivity contribution is 5.78. The number of aliphatic hydroxyl groups excluding tert-OH is 2. The number of rotatable bonds is 2. The summed E-state index contributed by atoms with van der Waals surface area (Å²) in [5.74, 6) is -2.86. The van der Waals surface area contributed by atoms with E-state index in [-0.39, 0.29) is 30.5 Å². The van der Waals surface area contributed by atoms with E-state index in [1.54, 1.807) is 26.0 Å². The third kappa shape index (κ3) is 6.80. The molecule has 240 valence electrons. The number of esters is 1. The smallest absolute Gasteiger partial charge is 0.316 e. The molecule has 0 aromatic rings. The van der Waals surface area contributed by atoms with Gasteiger partial charge in [0, 0.05) is 20.0 Å². The molecule has 1 aliphatic carbocycles. The minimum absolute atomic E-state index is 0.0827. The van der Waals surface area contributed by atoms with E-state index in [9.17, 15) is 20.1 Å². The Bertz CT molecular complexity index is 1180. The molecule has 11 unspecified atom stereocenters. The zero-order valence-electron chi connectivity index (χ0n) is 27.1. The minimum Gasteiger partial charge on any atom is -0.462 e. The molecule has 0 amide bonds. The van der Waals surface area contributed by atoms with Crippen molar-refractivity contribution in [2.75, 3.05) is 7.11 Å². The van der Waals surface area contributed by atoms with E-state index in [1.807, 2.05) is 32.1 Å². The van der Waals surface area contributed by atoms with Gasteiger partial charge in [0.25, 0.3) is 0 Å². The van der Waals surface area contributed by atoms with Crippen LogP contribution in [0.5, 0.6) is 0 Å². The van der Waals surface area contributed by atoms with Crippen LogP contribution in [0.15, 0.2) is 58.7 Å². The van der Waals surface area contributed by atoms with Gasteiger partial charge in [-0.1, -0.05) is 55.9 Å². The van der Waals surface area contributed by atoms with Crippen LogP contribution in [0.4, 0.5) is 0 Å². The van der Waals surface area contributed by atoms with E-state index < -0.39 is 47.7 Å². The summed E-state index contributed by atoms with van der Waals surface area (Å²) in [7, 11) is 1.47. The number of carbonyl (C=O) groups excluding carboxylic acids is 1. The second-order valence-electron chi connectivity index (χ2n) is 13.4. The van der Waals surface area contributed by atoms with Crippen molar-refractivity contribution in [1.29, 1.82) is 0 Å². The molecule has 3 N–H and O–H groups in total. The Labute approximate surface area is 257 Å². The van der Waals surface area contributed by atoms with E-state index >= 15 is 0 Å². The predicted molar refractivity (Wildman–Crippen MR) is 165 cm³/mol. The van der Waals surface area contributed by atoms with Crippen LogP contribution >= 0.6 is 0 Å². The quantitative estimate of drug-likeness (QED) is 0.297. The Kier molecular flexibility index (Phi) is 10.6. The SMILES string of the molecule is CC=C(C)C1OC2(CC3CC(CC=C(C)CC(C)C=CC=C(C)C4(O)C(C=C(C)C(OC)C4O)C(=O)O3)O2)C(O)CC1C. The summed E-state index contributed by atoms with van der Waals surface area (Å²) in [6, 6.07) is 0. The first-order valence-electron chi connectivity index (χ1n) is 15.7. The number of allylic oxidation sites excluding steroid dienone is 5. The van der Waals surface area contributed by atoms with Crippen LogP contribution in [0, 0.1) is 17.8 Å². The van der Waals surface area contributed by atoms with Crippen molar-refractivity contribution in [2.24, 2.45) is 17.8 Å². The number of fused-ring (bicyclic) bond motifs is 3. The van der Waals surface area contributed by atoms with Gasteiger partial charge in [-0.2, -0.15) is 0 Å². The number of ether oxygens (including phenoxy) is 4. The highest BCUT2D eigenvalue weighted by Gasteiger charge is 2.57. The lowest BCUT2D eigenvalue weighted by Crippen LogP contribution is -2.62. The maximum absolute atomic E-state index is 14.0. The molecule has 0 aromatic heterocycles. The molecular weight excluding hydrogens is 548 g/mol. The Morgan fingerprint density at radius 1 is 1.12 bits per heavy atom. The number of methoxy groups -OCH3 is 1. The lowest BCUT2D eigenvalue weighted by Gasteiger charge is -2.52. The van der Waals surface area contributed by atoms with Gasteiger partial charge in [-0.25, -0.2) is 0 Å². The second kappa shape index (κ2) is 13.5. The second-order valence-corrected chi connectivity index (χ2v) is 13.4. The van der Waals surface area contributed by atoms with Gasteiger partial charge in [0.15, 0.2) is 5.79 Å². The van der Waals surface area contributed by atoms with Crippen molar-refractivity contribution in [2.45, 2.75) is 129 Å². The van der Waals surface area contributed by atoms with Gasteiger partial charge in [0.2, 0.25) is 0 Å². The lowest BCUT2D eigenvalue weighted by atomic mass is 9.69. The number of hydrogen-bond donors (Lipinski definition) is 3. The first-order chi connectivity index (χ1) is 20.2. The molecule has 2 bridgehead atoms. The number of carbonyl (C=O) groups is 1. The summed E-state index contributed by atoms with van der Waals surface area (Å²) in [5.41, 5.74) is 1.38. The van der Waals surface area contributed by atoms with Crippen molar-refractivity contribution < 1.29 is 39.1 Å². The van der Waals surface area contributed by atoms with Gasteiger partial charge in [-0.3, -0.25) is 4.79 Å². The van der Waals surface area contributed by atoms with Crippen LogP contribution in [0.1, 0.15) is 80.6 Å². The standard InChI is InChI=1S/C35H52O8/c1-9-22(4)30-24(6)17-29(36)34(43-30)19-27-18-26(42-34)14-13-21(3)15-20(2)11-10-12-25(7)35(39)28(33(38)41-27)16-23(5)31(40-8)32(35)37/h9-13,16,20,24,26-32,36-37,39H,14-15,17-19H2,1-8H3. The van der Waals surface area contributed by atoms with Gasteiger partial charge >= 0.3 is 5.97 Å². The Balaban J connectivity index is 1.78. The van der Waals surface area contributed by atoms with E-state index in [1.165, 1.54) is 12.7 Å². The van der Waals surface area contributed by atoms with Crippen molar-refractivity contribution >= 4 is 5.97 Å². The fourth-order valence-corrected chi connectivity index (χ4v) is 7.31. The molecule has 0 radical (unpaired) electrons. The molecule has 2 saturated heterocycles. The Hall–Kier alpha value is -2.07. The molecule has 8 nitrogen and oxygen atoms in total. The van der Waals surface area contributed by atoms with Gasteiger partial charge in [0.05, 0.1) is 12.2 Å². The third-order valence-corrected chi connectivity index (χ3v) is 9.93. The van der Waals surface area contributed by atoms with Crippen molar-refractivity contribution in [3.8, 4) is 0 Å². The molecule has 2 fully saturated rings. The average molecular weight is 601 g/mol. The van der Waals surface area contributed by atoms with Crippen molar-refractivity contribution in [1.82, 2.24) is 0 Å². The predicted octanol–water partition coefficient (Wildman–Crippen LogP) is 5.09. The third-order valence-electron chi connectivity index (χ3n) is 9.93. The van der Waals surface area contributed by atoms with Gasteiger partial charge in [-0.15, -0.1) is 0 Å². The fraction of sp³-hybridized carbons (Fsp3) is 0.686. The molecule has 4 rings (SSSR count). The Morgan fingerprint density at radius 2 is 1.84 bits per heavy atom. The summed E-state index contributed by atoms with van der Waals surface area (Å²) in [6.07, 6.45) is 9.65. The van der Waals surface area contributed by atoms with Crippen LogP contribution in [0.2, 0.25) is 0 Å². The molecule has 11 atom stereocenters. The van der Waals surface area contributed by atoms with E-state index in [4.69, 9.17) is 18.9 Å². The summed E-state index contributed by atoms with van der Waals surface area (Å²) in [5, 5.41) is 35.0. The number of aliphatic hydroxyl groups is 3. The normalized spacial score (nSPS) is 43.3. The molecule has 0 saturated carbocycles. The maximum Gasteiger partial charge on any atom is 0.316 e. The largest absolute Gasteiger partial charge is 0.462 e. The van der Waals surface area contributed by atoms with Crippen LogP contribution in [0.25, 0.3) is 0 Å². The highest BCUT2D eigenvalue weighted by Crippen LogP contribution is 2.46. The van der Waals surface area contributed by atoms with Crippen LogP contribution in [0.3, 0.4) is 0 Å². The molecule has 3 aliphatic heterocycles. The number of hydrogen-bond acceptors (Lipinski definition) is 8. The van der Waals surface area contributed by atoms with Gasteiger partial charge < -0.3 is 34.3 Å². The van der Waals surface area contributed by atoms with E-state index in [0.29, 0.717) is 30.4 Å². The van der Waals surface area contributed by atoms with Crippen molar-refractivity contribution in [3.63, 3.8) is 0 Å². The topological polar surface area (TPSA) is 115 Å². The average Bonchev–Trinajstić information content (AvgIpc) is 2.95. The van der Waals surface area contributed by atoms with Crippen LogP contribution in [-0.4, -0.2) is 76.4 Å². The molecule has 1 spiro atoms. The Morgan fingerprint density at radius 3 is 2.51 bits per heavy atom. The first-order valence-corrected chi connectivity index (χ1v) is 15.7. The molecular formula is C35H52O8. The van der Waals surface area contributed by atoms with Crippen LogP contribution < -0.4 is 0 Å². The monoisotopic (exact) mass is 600 g/mol. The fourth-order valence-electron chi connectivity index (χ4n) is 7.31. The zero-order valence-corrected chi connectivity index (χ0v) is 27.1. The molecule has 8 heteroatoms. The van der Waals surface area contributed by atoms with Crippen LogP contribution in [-0.2, 0) is 23.7 Å². The first kappa shape index (κ1) is 33.8. The molecule has 4 aliphatic rings. The van der Waals surface area contributed by atoms with E-state index in [0.717, 1.165) is 12.0 Å². The minimum atomic E-state index is -1.95. The maximum atomic E-state index is 14.0. The van der Waals surface area contributed by atoms with Crippen molar-refractivity contribution in [3.05, 3.63) is 58.7 Å². The highest BCUT2D eigenvalue weighted by atomic mass is 16.7.